The highest BCUT2D eigenvalue weighted by molar-refractivity contribution is 14.1. The summed E-state index contributed by atoms with van der Waals surface area (Å²) in [5.41, 5.74) is 0.395. The third-order valence-electron chi connectivity index (χ3n) is 2.12. The van der Waals surface area contributed by atoms with Crippen LogP contribution in [0.3, 0.4) is 0 Å². The molecule has 1 rings (SSSR count). The van der Waals surface area contributed by atoms with E-state index in [0.717, 1.165) is 3.57 Å². The fraction of sp³-hybridized carbons (Fsp3) is 0.167. The molecule has 18 heavy (non-hydrogen) atoms. The molecule has 1 N–H and O–H groups in total. The van der Waals surface area contributed by atoms with E-state index in [2.05, 4.69) is 6.58 Å². The summed E-state index contributed by atoms with van der Waals surface area (Å²) < 4.78 is 0.724. The molecular formula is C12H11ClINO3. The Morgan fingerprint density at radius 1 is 1.50 bits per heavy atom. The summed E-state index contributed by atoms with van der Waals surface area (Å²) in [5.74, 6) is -1.44. The second-order valence-electron chi connectivity index (χ2n) is 3.49. The normalized spacial score (nSPS) is 9.89. The van der Waals surface area contributed by atoms with Crippen LogP contribution in [-0.4, -0.2) is 35.0 Å². The highest BCUT2D eigenvalue weighted by Gasteiger charge is 2.19. The average molecular weight is 380 g/mol. The standard InChI is InChI=1S/C12H11ClINO3/c1-2-5-15(7-11(16)17)12(18)9-6-8(13)3-4-10(9)14/h2-4,6H,1,5,7H2,(H,16,17). The SMILES string of the molecule is C=CCN(CC(=O)O)C(=O)c1cc(Cl)ccc1I. The fourth-order valence-electron chi connectivity index (χ4n) is 1.37. The summed E-state index contributed by atoms with van der Waals surface area (Å²) in [6.07, 6.45) is 1.48. The van der Waals surface area contributed by atoms with Crippen LogP contribution in [-0.2, 0) is 4.79 Å². The molecule has 1 amide bonds. The quantitative estimate of drug-likeness (QED) is 0.632. The van der Waals surface area contributed by atoms with Gasteiger partial charge in [-0.05, 0) is 40.8 Å². The van der Waals surface area contributed by atoms with Crippen LogP contribution in [0.15, 0.2) is 30.9 Å². The monoisotopic (exact) mass is 379 g/mol. The second kappa shape index (κ2) is 6.75. The van der Waals surface area contributed by atoms with Gasteiger partial charge in [0.05, 0.1) is 5.56 Å². The lowest BCUT2D eigenvalue weighted by molar-refractivity contribution is -0.137. The van der Waals surface area contributed by atoms with Crippen molar-refractivity contribution in [3.8, 4) is 0 Å². The van der Waals surface area contributed by atoms with E-state index in [-0.39, 0.29) is 19.0 Å². The van der Waals surface area contributed by atoms with Crippen molar-refractivity contribution in [1.82, 2.24) is 4.90 Å². The number of carboxylic acids is 1. The molecule has 0 aliphatic rings. The predicted octanol–water partition coefficient (Wildman–Crippen LogP) is 2.66. The van der Waals surface area contributed by atoms with E-state index >= 15 is 0 Å². The van der Waals surface area contributed by atoms with Crippen molar-refractivity contribution < 1.29 is 14.7 Å². The minimum atomic E-state index is -1.07. The number of carbonyl (C=O) groups excluding carboxylic acids is 1. The Labute approximate surface area is 123 Å². The number of aliphatic carboxylic acids is 1. The van der Waals surface area contributed by atoms with Crippen molar-refractivity contribution in [1.29, 1.82) is 0 Å². The lowest BCUT2D eigenvalue weighted by Gasteiger charge is -2.19. The van der Waals surface area contributed by atoms with Gasteiger partial charge in [-0.15, -0.1) is 6.58 Å². The average Bonchev–Trinajstić information content (AvgIpc) is 2.30. The van der Waals surface area contributed by atoms with E-state index in [4.69, 9.17) is 16.7 Å². The highest BCUT2D eigenvalue weighted by Crippen LogP contribution is 2.19. The Kier molecular flexibility index (Phi) is 5.61. The van der Waals surface area contributed by atoms with Crippen LogP contribution in [0.25, 0.3) is 0 Å². The largest absolute Gasteiger partial charge is 0.480 e. The number of hydrogen-bond donors (Lipinski definition) is 1. The molecule has 0 saturated carbocycles. The van der Waals surface area contributed by atoms with E-state index in [1.165, 1.54) is 17.0 Å². The van der Waals surface area contributed by atoms with Crippen LogP contribution in [0.4, 0.5) is 0 Å². The number of nitrogens with zero attached hydrogens (tertiary/aromatic N) is 1. The molecule has 0 aromatic heterocycles. The Hall–Kier alpha value is -1.08. The third-order valence-corrected chi connectivity index (χ3v) is 3.30. The van der Waals surface area contributed by atoms with Gasteiger partial charge in [-0.1, -0.05) is 17.7 Å². The maximum Gasteiger partial charge on any atom is 0.323 e. The summed E-state index contributed by atoms with van der Waals surface area (Å²) in [6, 6.07) is 4.92. The van der Waals surface area contributed by atoms with Gasteiger partial charge in [0, 0.05) is 15.1 Å². The van der Waals surface area contributed by atoms with Gasteiger partial charge in [0.15, 0.2) is 0 Å². The lowest BCUT2D eigenvalue weighted by atomic mass is 10.2. The van der Waals surface area contributed by atoms with Gasteiger partial charge in [0.25, 0.3) is 5.91 Å². The fourth-order valence-corrected chi connectivity index (χ4v) is 2.11. The zero-order valence-corrected chi connectivity index (χ0v) is 12.3. The van der Waals surface area contributed by atoms with Gasteiger partial charge in [-0.25, -0.2) is 0 Å². The molecule has 1 aromatic carbocycles. The third kappa shape index (κ3) is 3.99. The van der Waals surface area contributed by atoms with Crippen LogP contribution in [0.5, 0.6) is 0 Å². The molecule has 0 saturated heterocycles. The summed E-state index contributed by atoms with van der Waals surface area (Å²) >= 11 is 7.85. The molecule has 0 aliphatic carbocycles. The van der Waals surface area contributed by atoms with Gasteiger partial charge in [0.1, 0.15) is 6.54 Å². The van der Waals surface area contributed by atoms with Crippen LogP contribution in [0.2, 0.25) is 5.02 Å². The molecule has 96 valence electrons. The maximum atomic E-state index is 12.2. The summed E-state index contributed by atoms with van der Waals surface area (Å²) in [4.78, 5) is 24.1. The molecular weight excluding hydrogens is 368 g/mol. The second-order valence-corrected chi connectivity index (χ2v) is 5.09. The predicted molar refractivity (Wildman–Crippen MR) is 77.9 cm³/mol. The first-order valence-electron chi connectivity index (χ1n) is 5.02. The molecule has 0 fully saturated rings. The number of benzene rings is 1. The summed E-state index contributed by atoms with van der Waals surface area (Å²) in [7, 11) is 0. The van der Waals surface area contributed by atoms with E-state index in [9.17, 15) is 9.59 Å². The molecule has 6 heteroatoms. The van der Waals surface area contributed by atoms with Crippen LogP contribution in [0, 0.1) is 3.57 Å². The molecule has 0 spiro atoms. The molecule has 1 aromatic rings. The Morgan fingerprint density at radius 2 is 2.17 bits per heavy atom. The molecule has 0 radical (unpaired) electrons. The van der Waals surface area contributed by atoms with Crippen LogP contribution < -0.4 is 0 Å². The minimum Gasteiger partial charge on any atom is -0.480 e. The van der Waals surface area contributed by atoms with E-state index < -0.39 is 5.97 Å². The molecule has 0 aliphatic heterocycles. The van der Waals surface area contributed by atoms with E-state index in [0.29, 0.717) is 10.6 Å². The molecule has 0 bridgehead atoms. The van der Waals surface area contributed by atoms with Crippen LogP contribution in [0.1, 0.15) is 10.4 Å². The summed E-state index contributed by atoms with van der Waals surface area (Å²) in [6.45, 7) is 3.32. The molecule has 0 unspecified atom stereocenters. The van der Waals surface area contributed by atoms with Crippen molar-refractivity contribution in [2.45, 2.75) is 0 Å². The first-order valence-corrected chi connectivity index (χ1v) is 6.48. The van der Waals surface area contributed by atoms with E-state index in [1.54, 1.807) is 12.1 Å². The first-order chi connectivity index (χ1) is 8.45. The van der Waals surface area contributed by atoms with Crippen molar-refractivity contribution in [2.75, 3.05) is 13.1 Å². The maximum absolute atomic E-state index is 12.2. The van der Waals surface area contributed by atoms with Gasteiger partial charge in [-0.3, -0.25) is 9.59 Å². The van der Waals surface area contributed by atoms with Gasteiger partial charge in [-0.2, -0.15) is 0 Å². The Balaban J connectivity index is 3.04. The smallest absolute Gasteiger partial charge is 0.323 e. The molecule has 0 heterocycles. The van der Waals surface area contributed by atoms with Crippen LogP contribution >= 0.6 is 34.2 Å². The topological polar surface area (TPSA) is 57.6 Å². The molecule has 4 nitrogen and oxygen atoms in total. The van der Waals surface area contributed by atoms with Gasteiger partial charge in [0.2, 0.25) is 0 Å². The Morgan fingerprint density at radius 3 is 2.72 bits per heavy atom. The number of carboxylic acid groups (broad SMARTS) is 1. The zero-order chi connectivity index (χ0) is 13.7. The first kappa shape index (κ1) is 15.0. The van der Waals surface area contributed by atoms with Crippen molar-refractivity contribution >= 4 is 46.1 Å². The van der Waals surface area contributed by atoms with E-state index in [1.807, 2.05) is 22.6 Å². The summed E-state index contributed by atoms with van der Waals surface area (Å²) in [5, 5.41) is 9.21. The Bertz CT molecular complexity index is 490. The minimum absolute atomic E-state index is 0.174. The number of halogens is 2. The van der Waals surface area contributed by atoms with Crippen molar-refractivity contribution in [2.24, 2.45) is 0 Å². The number of amides is 1. The highest BCUT2D eigenvalue weighted by atomic mass is 127. The number of carbonyl (C=O) groups is 2. The van der Waals surface area contributed by atoms with Gasteiger partial charge < -0.3 is 10.0 Å². The lowest BCUT2D eigenvalue weighted by Crippen LogP contribution is -2.36. The van der Waals surface area contributed by atoms with Crippen molar-refractivity contribution in [3.05, 3.63) is 45.0 Å². The van der Waals surface area contributed by atoms with Gasteiger partial charge >= 0.3 is 5.97 Å². The number of hydrogen-bond acceptors (Lipinski definition) is 2. The van der Waals surface area contributed by atoms with Crippen molar-refractivity contribution in [3.63, 3.8) is 0 Å². The number of rotatable bonds is 5. The zero-order valence-electron chi connectivity index (χ0n) is 9.40. The molecule has 0 atom stereocenters.